The maximum Gasteiger partial charge on any atom is 0.416 e. The molecule has 0 heterocycles. The van der Waals surface area contributed by atoms with Crippen molar-refractivity contribution in [3.8, 4) is 0 Å². The van der Waals surface area contributed by atoms with Gasteiger partial charge in [-0.2, -0.15) is 13.2 Å². The molecule has 0 bridgehead atoms. The van der Waals surface area contributed by atoms with Crippen LogP contribution < -0.4 is 10.6 Å². The standard InChI is InChI=1S/C18H24F3N3O/c1-4-6-16(17(23-11-5-2)25-13-12-22-3)24-15-9-7-14(8-10-15)18(19,20)21/h5-11,22,24H,4,12-13H2,1-3H3/b11-5-,16-6-,23-17+. The normalized spacial score (nSPS) is 13.4. The number of likely N-dealkylation sites (N-methyl/N-ethyl adjacent to an activating group) is 1. The van der Waals surface area contributed by atoms with Crippen molar-refractivity contribution in [1.29, 1.82) is 0 Å². The Morgan fingerprint density at radius 1 is 1.24 bits per heavy atom. The number of benzene rings is 1. The van der Waals surface area contributed by atoms with E-state index in [1.165, 1.54) is 12.1 Å². The lowest BCUT2D eigenvalue weighted by Crippen LogP contribution is -2.21. The molecule has 4 nitrogen and oxygen atoms in total. The predicted octanol–water partition coefficient (Wildman–Crippen LogP) is 4.58. The van der Waals surface area contributed by atoms with E-state index in [2.05, 4.69) is 15.6 Å². The van der Waals surface area contributed by atoms with Gasteiger partial charge in [0.25, 0.3) is 0 Å². The molecule has 0 atom stereocenters. The molecule has 7 heteroatoms. The maximum absolute atomic E-state index is 12.7. The van der Waals surface area contributed by atoms with Crippen LogP contribution in [0.2, 0.25) is 0 Å². The molecular formula is C18H24F3N3O. The summed E-state index contributed by atoms with van der Waals surface area (Å²) in [6.07, 6.45) is 1.61. The molecule has 2 N–H and O–H groups in total. The molecule has 0 amide bonds. The number of alkyl halides is 3. The molecule has 0 saturated carbocycles. The summed E-state index contributed by atoms with van der Waals surface area (Å²) in [5.74, 6) is 0.384. The third-order valence-electron chi connectivity index (χ3n) is 3.06. The smallest absolute Gasteiger partial charge is 0.416 e. The Kier molecular flexibility index (Phi) is 8.77. The zero-order valence-electron chi connectivity index (χ0n) is 14.7. The monoisotopic (exact) mass is 355 g/mol. The highest BCUT2D eigenvalue weighted by Gasteiger charge is 2.29. The van der Waals surface area contributed by atoms with E-state index in [0.29, 0.717) is 36.9 Å². The lowest BCUT2D eigenvalue weighted by Gasteiger charge is -2.15. The van der Waals surface area contributed by atoms with E-state index in [1.54, 1.807) is 12.3 Å². The number of hydrogen-bond donors (Lipinski definition) is 2. The predicted molar refractivity (Wildman–Crippen MR) is 95.6 cm³/mol. The number of nitrogens with one attached hydrogen (secondary N) is 2. The second kappa shape index (κ2) is 10.6. The van der Waals surface area contributed by atoms with E-state index in [4.69, 9.17) is 4.74 Å². The summed E-state index contributed by atoms with van der Waals surface area (Å²) in [7, 11) is 1.81. The summed E-state index contributed by atoms with van der Waals surface area (Å²) >= 11 is 0. The SMILES string of the molecule is C\C=C/N=C(OCCNC)\C(=C\CC)Nc1ccc(C(F)(F)F)cc1. The molecule has 138 valence electrons. The number of ether oxygens (including phenoxy) is 1. The second-order valence-electron chi connectivity index (χ2n) is 5.09. The van der Waals surface area contributed by atoms with E-state index >= 15 is 0 Å². The molecule has 0 radical (unpaired) electrons. The minimum atomic E-state index is -4.35. The van der Waals surface area contributed by atoms with Crippen molar-refractivity contribution in [3.05, 3.63) is 53.9 Å². The fourth-order valence-corrected chi connectivity index (χ4v) is 1.87. The molecule has 0 aliphatic carbocycles. The zero-order valence-corrected chi connectivity index (χ0v) is 14.7. The van der Waals surface area contributed by atoms with E-state index in [0.717, 1.165) is 12.1 Å². The topological polar surface area (TPSA) is 45.6 Å². The fraction of sp³-hybridized carbons (Fsp3) is 0.389. The van der Waals surface area contributed by atoms with Crippen molar-refractivity contribution in [3.63, 3.8) is 0 Å². The molecule has 0 aliphatic rings. The number of halogens is 3. The van der Waals surface area contributed by atoms with Crippen LogP contribution >= 0.6 is 0 Å². The van der Waals surface area contributed by atoms with Crippen LogP contribution in [0.15, 0.2) is 53.3 Å². The minimum absolute atomic E-state index is 0.384. The average molecular weight is 355 g/mol. The highest BCUT2D eigenvalue weighted by atomic mass is 19.4. The Morgan fingerprint density at radius 3 is 2.44 bits per heavy atom. The van der Waals surface area contributed by atoms with Gasteiger partial charge in [0.2, 0.25) is 5.90 Å². The van der Waals surface area contributed by atoms with Crippen molar-refractivity contribution in [2.24, 2.45) is 4.99 Å². The van der Waals surface area contributed by atoms with E-state index < -0.39 is 11.7 Å². The largest absolute Gasteiger partial charge is 0.475 e. The number of anilines is 1. The van der Waals surface area contributed by atoms with Crippen LogP contribution in [0.3, 0.4) is 0 Å². The summed E-state index contributed by atoms with van der Waals surface area (Å²) in [5.41, 5.74) is 0.446. The van der Waals surface area contributed by atoms with Gasteiger partial charge in [-0.25, -0.2) is 4.99 Å². The molecule has 0 aromatic heterocycles. The van der Waals surface area contributed by atoms with Gasteiger partial charge in [-0.3, -0.25) is 0 Å². The Morgan fingerprint density at radius 2 is 1.92 bits per heavy atom. The van der Waals surface area contributed by atoms with Crippen molar-refractivity contribution < 1.29 is 17.9 Å². The summed E-state index contributed by atoms with van der Waals surface area (Å²) in [6, 6.07) is 4.84. The van der Waals surface area contributed by atoms with Crippen LogP contribution in [0, 0.1) is 0 Å². The van der Waals surface area contributed by atoms with Crippen LogP contribution in [0.25, 0.3) is 0 Å². The maximum atomic E-state index is 12.7. The number of nitrogens with zero attached hydrogens (tertiary/aromatic N) is 1. The number of aliphatic imine (C=N–C) groups is 1. The molecule has 0 aliphatic heterocycles. The van der Waals surface area contributed by atoms with Crippen molar-refractivity contribution in [2.45, 2.75) is 26.4 Å². The van der Waals surface area contributed by atoms with Crippen molar-refractivity contribution >= 4 is 11.6 Å². The molecule has 1 aromatic rings. The van der Waals surface area contributed by atoms with Gasteiger partial charge in [-0.1, -0.05) is 19.1 Å². The average Bonchev–Trinajstić information content (AvgIpc) is 2.57. The molecular weight excluding hydrogens is 331 g/mol. The van der Waals surface area contributed by atoms with Crippen LogP contribution in [-0.4, -0.2) is 26.1 Å². The highest BCUT2D eigenvalue weighted by molar-refractivity contribution is 5.96. The van der Waals surface area contributed by atoms with Gasteiger partial charge in [0.1, 0.15) is 6.61 Å². The molecule has 0 spiro atoms. The molecule has 1 aromatic carbocycles. The van der Waals surface area contributed by atoms with Crippen LogP contribution in [0.1, 0.15) is 25.8 Å². The number of allylic oxidation sites excluding steroid dienone is 2. The van der Waals surface area contributed by atoms with Gasteiger partial charge in [0.15, 0.2) is 0 Å². The summed E-state index contributed by atoms with van der Waals surface area (Å²) in [6.45, 7) is 4.85. The molecule has 25 heavy (non-hydrogen) atoms. The van der Waals surface area contributed by atoms with Gasteiger partial charge in [0.05, 0.1) is 11.3 Å². The lowest BCUT2D eigenvalue weighted by molar-refractivity contribution is -0.137. The van der Waals surface area contributed by atoms with Crippen molar-refractivity contribution in [2.75, 3.05) is 25.5 Å². The third kappa shape index (κ3) is 7.43. The quantitative estimate of drug-likeness (QED) is 0.408. The van der Waals surface area contributed by atoms with Gasteiger partial charge in [-0.05, 0) is 44.7 Å². The second-order valence-corrected chi connectivity index (χ2v) is 5.09. The van der Waals surface area contributed by atoms with Crippen molar-refractivity contribution in [1.82, 2.24) is 5.32 Å². The van der Waals surface area contributed by atoms with Gasteiger partial charge < -0.3 is 15.4 Å². The Balaban J connectivity index is 2.98. The molecule has 0 fully saturated rings. The Labute approximate surface area is 146 Å². The first-order chi connectivity index (χ1) is 11.9. The first kappa shape index (κ1) is 20.8. The van der Waals surface area contributed by atoms with E-state index in [9.17, 15) is 13.2 Å². The van der Waals surface area contributed by atoms with Gasteiger partial charge in [0, 0.05) is 18.4 Å². The first-order valence-corrected chi connectivity index (χ1v) is 8.03. The molecule has 0 unspecified atom stereocenters. The highest BCUT2D eigenvalue weighted by Crippen LogP contribution is 2.30. The van der Waals surface area contributed by atoms with Crippen LogP contribution in [0.5, 0.6) is 0 Å². The lowest BCUT2D eigenvalue weighted by atomic mass is 10.2. The summed E-state index contributed by atoms with van der Waals surface area (Å²) < 4.78 is 43.7. The molecule has 1 rings (SSSR count). The van der Waals surface area contributed by atoms with Gasteiger partial charge in [-0.15, -0.1) is 0 Å². The summed E-state index contributed by atoms with van der Waals surface area (Å²) in [5, 5.41) is 6.05. The van der Waals surface area contributed by atoms with E-state index in [-0.39, 0.29) is 0 Å². The van der Waals surface area contributed by atoms with E-state index in [1.807, 2.05) is 27.0 Å². The first-order valence-electron chi connectivity index (χ1n) is 8.03. The minimum Gasteiger partial charge on any atom is -0.475 e. The Hall–Kier alpha value is -2.28. The number of hydrogen-bond acceptors (Lipinski definition) is 4. The van der Waals surface area contributed by atoms with Crippen LogP contribution in [0.4, 0.5) is 18.9 Å². The Bertz CT molecular complexity index is 605. The summed E-state index contributed by atoms with van der Waals surface area (Å²) in [4.78, 5) is 4.26. The van der Waals surface area contributed by atoms with Gasteiger partial charge >= 0.3 is 6.18 Å². The number of rotatable bonds is 8. The fourth-order valence-electron chi connectivity index (χ4n) is 1.87. The molecule has 0 saturated heterocycles. The van der Waals surface area contributed by atoms with Crippen LogP contribution in [-0.2, 0) is 10.9 Å². The zero-order chi connectivity index (χ0) is 18.7. The third-order valence-corrected chi connectivity index (χ3v) is 3.06.